The van der Waals surface area contributed by atoms with Crippen molar-refractivity contribution >= 4 is 11.6 Å². The van der Waals surface area contributed by atoms with Gasteiger partial charge < -0.3 is 4.42 Å². The highest BCUT2D eigenvalue weighted by Crippen LogP contribution is 2.29. The minimum absolute atomic E-state index is 0.0327. The van der Waals surface area contributed by atoms with Gasteiger partial charge in [-0.3, -0.25) is 4.90 Å². The van der Waals surface area contributed by atoms with E-state index in [0.29, 0.717) is 41.9 Å². The van der Waals surface area contributed by atoms with Crippen LogP contribution < -0.4 is 0 Å². The second-order valence-electron chi connectivity index (χ2n) is 5.70. The maximum absolute atomic E-state index is 13.5. The molecule has 0 radical (unpaired) electrons. The van der Waals surface area contributed by atoms with Gasteiger partial charge in [-0.15, -0.1) is 0 Å². The Labute approximate surface area is 132 Å². The van der Waals surface area contributed by atoms with Crippen LogP contribution in [0.1, 0.15) is 24.3 Å². The summed E-state index contributed by atoms with van der Waals surface area (Å²) in [6, 6.07) is 7.22. The van der Waals surface area contributed by atoms with E-state index < -0.39 is 5.92 Å². The summed E-state index contributed by atoms with van der Waals surface area (Å²) in [6.07, 6.45) is 0.472. The molecule has 1 aliphatic rings. The molecule has 22 heavy (non-hydrogen) atoms. The molecule has 1 fully saturated rings. The van der Waals surface area contributed by atoms with Gasteiger partial charge in [0.2, 0.25) is 5.89 Å². The maximum Gasteiger partial charge on any atom is 0.260 e. The average molecular weight is 327 g/mol. The molecule has 0 unspecified atom stereocenters. The Hall–Kier alpha value is -1.46. The second kappa shape index (κ2) is 5.97. The highest BCUT2D eigenvalue weighted by atomic mass is 35.5. The number of aromatic nitrogens is 1. The van der Waals surface area contributed by atoms with Gasteiger partial charge >= 0.3 is 0 Å². The number of piperidine rings is 1. The van der Waals surface area contributed by atoms with Crippen LogP contribution in [-0.4, -0.2) is 28.9 Å². The molecule has 118 valence electrons. The van der Waals surface area contributed by atoms with Gasteiger partial charge in [0, 0.05) is 23.6 Å². The molecule has 0 bridgehead atoms. The molecule has 6 heteroatoms. The van der Waals surface area contributed by atoms with Crippen LogP contribution in [-0.2, 0) is 6.54 Å². The van der Waals surface area contributed by atoms with Crippen LogP contribution in [0, 0.1) is 6.92 Å². The SMILES string of the molecule is Cc1oc(-c2cccc(Cl)c2)nc1CN1CCCC(F)(F)C1. The molecule has 1 aliphatic heterocycles. The number of rotatable bonds is 3. The first kappa shape index (κ1) is 15.4. The van der Waals surface area contributed by atoms with Crippen molar-refractivity contribution in [1.82, 2.24) is 9.88 Å². The van der Waals surface area contributed by atoms with Crippen molar-refractivity contribution in [2.45, 2.75) is 32.2 Å². The standard InChI is InChI=1S/C16H17ClF2N2O/c1-11-14(9-21-7-3-6-16(18,19)10-21)20-15(22-11)12-4-2-5-13(17)8-12/h2,4-5,8H,3,6-7,9-10H2,1H3. The lowest BCUT2D eigenvalue weighted by Crippen LogP contribution is -2.42. The van der Waals surface area contributed by atoms with Gasteiger partial charge in [0.15, 0.2) is 0 Å². The number of benzene rings is 1. The Kier molecular flexibility index (Phi) is 4.19. The van der Waals surface area contributed by atoms with Crippen LogP contribution >= 0.6 is 11.6 Å². The van der Waals surface area contributed by atoms with Crippen molar-refractivity contribution in [1.29, 1.82) is 0 Å². The highest BCUT2D eigenvalue weighted by molar-refractivity contribution is 6.30. The Bertz CT molecular complexity index is 672. The summed E-state index contributed by atoms with van der Waals surface area (Å²) in [5.41, 5.74) is 1.48. The first-order chi connectivity index (χ1) is 10.4. The molecule has 1 saturated heterocycles. The minimum Gasteiger partial charge on any atom is -0.441 e. The molecule has 1 aromatic heterocycles. The largest absolute Gasteiger partial charge is 0.441 e. The van der Waals surface area contributed by atoms with Gasteiger partial charge in [-0.25, -0.2) is 13.8 Å². The third kappa shape index (κ3) is 3.47. The summed E-state index contributed by atoms with van der Waals surface area (Å²) in [5.74, 6) is -1.48. The topological polar surface area (TPSA) is 29.3 Å². The molecule has 0 spiro atoms. The first-order valence-corrected chi connectivity index (χ1v) is 7.63. The number of likely N-dealkylation sites (tertiary alicyclic amines) is 1. The van der Waals surface area contributed by atoms with Crippen LogP contribution in [0.4, 0.5) is 8.78 Å². The summed E-state index contributed by atoms with van der Waals surface area (Å²) in [4.78, 5) is 6.18. The van der Waals surface area contributed by atoms with Gasteiger partial charge in [0.05, 0.1) is 12.2 Å². The molecule has 0 atom stereocenters. The fraction of sp³-hybridized carbons (Fsp3) is 0.438. The molecule has 2 heterocycles. The zero-order valence-corrected chi connectivity index (χ0v) is 13.0. The molecule has 0 N–H and O–H groups in total. The van der Waals surface area contributed by atoms with Crippen molar-refractivity contribution in [3.8, 4) is 11.5 Å². The molecule has 3 rings (SSSR count). The predicted molar refractivity (Wildman–Crippen MR) is 81.1 cm³/mol. The third-order valence-electron chi connectivity index (χ3n) is 3.81. The fourth-order valence-electron chi connectivity index (χ4n) is 2.71. The zero-order chi connectivity index (χ0) is 15.7. The van der Waals surface area contributed by atoms with E-state index in [1.54, 1.807) is 24.0 Å². The van der Waals surface area contributed by atoms with Crippen LogP contribution in [0.25, 0.3) is 11.5 Å². The van der Waals surface area contributed by atoms with Crippen molar-refractivity contribution in [3.63, 3.8) is 0 Å². The number of hydrogen-bond acceptors (Lipinski definition) is 3. The number of hydrogen-bond donors (Lipinski definition) is 0. The number of oxazole rings is 1. The van der Waals surface area contributed by atoms with E-state index in [2.05, 4.69) is 4.98 Å². The zero-order valence-electron chi connectivity index (χ0n) is 12.3. The second-order valence-corrected chi connectivity index (χ2v) is 6.14. The van der Waals surface area contributed by atoms with Crippen molar-refractivity contribution in [2.75, 3.05) is 13.1 Å². The summed E-state index contributed by atoms with van der Waals surface area (Å²) >= 11 is 5.97. The normalized spacial score (nSPS) is 18.5. The van der Waals surface area contributed by atoms with Crippen molar-refractivity contribution in [2.24, 2.45) is 0 Å². The van der Waals surface area contributed by atoms with Gasteiger partial charge in [0.25, 0.3) is 5.92 Å². The van der Waals surface area contributed by atoms with E-state index in [4.69, 9.17) is 16.0 Å². The van der Waals surface area contributed by atoms with E-state index >= 15 is 0 Å². The smallest absolute Gasteiger partial charge is 0.260 e. The molecular weight excluding hydrogens is 310 g/mol. The highest BCUT2D eigenvalue weighted by Gasteiger charge is 2.35. The maximum atomic E-state index is 13.5. The van der Waals surface area contributed by atoms with Crippen LogP contribution in [0.5, 0.6) is 0 Å². The Morgan fingerprint density at radius 3 is 2.95 bits per heavy atom. The molecule has 3 nitrogen and oxygen atoms in total. The number of alkyl halides is 2. The van der Waals surface area contributed by atoms with E-state index in [1.807, 2.05) is 12.1 Å². The van der Waals surface area contributed by atoms with Gasteiger partial charge in [-0.2, -0.15) is 0 Å². The lowest BCUT2D eigenvalue weighted by atomic mass is 10.1. The Balaban J connectivity index is 1.78. The molecular formula is C16H17ClF2N2O. The lowest BCUT2D eigenvalue weighted by Gasteiger charge is -2.31. The Morgan fingerprint density at radius 2 is 2.23 bits per heavy atom. The molecule has 1 aromatic carbocycles. The number of halogens is 3. The molecule has 0 aliphatic carbocycles. The minimum atomic E-state index is -2.61. The predicted octanol–water partition coefficient (Wildman–Crippen LogP) is 4.53. The summed E-state index contributed by atoms with van der Waals surface area (Å²) in [5, 5.41) is 0.602. The van der Waals surface area contributed by atoms with Crippen LogP contribution in [0.15, 0.2) is 28.7 Å². The van der Waals surface area contributed by atoms with Crippen molar-refractivity contribution < 1.29 is 13.2 Å². The van der Waals surface area contributed by atoms with E-state index in [0.717, 1.165) is 5.56 Å². The Morgan fingerprint density at radius 1 is 1.41 bits per heavy atom. The summed E-state index contributed by atoms with van der Waals surface area (Å²) in [7, 11) is 0. The van der Waals surface area contributed by atoms with E-state index in [-0.39, 0.29) is 13.0 Å². The van der Waals surface area contributed by atoms with Gasteiger partial charge in [0.1, 0.15) is 5.76 Å². The van der Waals surface area contributed by atoms with Crippen molar-refractivity contribution in [3.05, 3.63) is 40.7 Å². The molecule has 0 saturated carbocycles. The fourth-order valence-corrected chi connectivity index (χ4v) is 2.90. The average Bonchev–Trinajstić information content (AvgIpc) is 2.79. The lowest BCUT2D eigenvalue weighted by molar-refractivity contribution is -0.0664. The van der Waals surface area contributed by atoms with Gasteiger partial charge in [-0.05, 0) is 38.1 Å². The summed E-state index contributed by atoms with van der Waals surface area (Å²) < 4.78 is 32.6. The van der Waals surface area contributed by atoms with Crippen LogP contribution in [0.2, 0.25) is 5.02 Å². The number of aryl methyl sites for hydroxylation is 1. The molecule has 2 aromatic rings. The third-order valence-corrected chi connectivity index (χ3v) is 4.04. The number of nitrogens with zero attached hydrogens (tertiary/aromatic N) is 2. The van der Waals surface area contributed by atoms with Gasteiger partial charge in [-0.1, -0.05) is 17.7 Å². The summed E-state index contributed by atoms with van der Waals surface area (Å²) in [6.45, 7) is 2.63. The first-order valence-electron chi connectivity index (χ1n) is 7.25. The quantitative estimate of drug-likeness (QED) is 0.829. The molecule has 0 amide bonds. The monoisotopic (exact) mass is 326 g/mol. The van der Waals surface area contributed by atoms with E-state index in [1.165, 1.54) is 0 Å². The van der Waals surface area contributed by atoms with E-state index in [9.17, 15) is 8.78 Å². The van der Waals surface area contributed by atoms with Crippen LogP contribution in [0.3, 0.4) is 0 Å².